The van der Waals surface area contributed by atoms with Crippen molar-refractivity contribution in [3.8, 4) is 17.2 Å². The summed E-state index contributed by atoms with van der Waals surface area (Å²) in [6, 6.07) is 8.61. The second kappa shape index (κ2) is 9.36. The van der Waals surface area contributed by atoms with Crippen molar-refractivity contribution in [3.05, 3.63) is 57.6 Å². The standard InChI is InChI=1S/C19H19Cl2NO4/c1-24-16-10-18(26-3)17(25-2)9-13(16)11-22-19(23)7-5-12-4-6-14(20)15(21)8-12/h4-10H,11H2,1-3H3,(H,22,23)/b7-5+. The van der Waals surface area contributed by atoms with Gasteiger partial charge in [-0.05, 0) is 29.8 Å². The van der Waals surface area contributed by atoms with Crippen molar-refractivity contribution >= 4 is 35.2 Å². The van der Waals surface area contributed by atoms with Gasteiger partial charge in [-0.1, -0.05) is 29.3 Å². The van der Waals surface area contributed by atoms with Gasteiger partial charge >= 0.3 is 0 Å². The van der Waals surface area contributed by atoms with E-state index in [0.29, 0.717) is 27.3 Å². The van der Waals surface area contributed by atoms with Crippen LogP contribution in [0, 0.1) is 0 Å². The Morgan fingerprint density at radius 1 is 0.962 bits per heavy atom. The summed E-state index contributed by atoms with van der Waals surface area (Å²) in [5.74, 6) is 1.45. The molecule has 0 aliphatic rings. The molecule has 1 amide bonds. The molecule has 0 aliphatic carbocycles. The van der Waals surface area contributed by atoms with Crippen LogP contribution in [0.5, 0.6) is 17.2 Å². The van der Waals surface area contributed by atoms with Gasteiger partial charge in [-0.15, -0.1) is 0 Å². The largest absolute Gasteiger partial charge is 0.496 e. The molecule has 0 unspecified atom stereocenters. The normalized spacial score (nSPS) is 10.7. The summed E-state index contributed by atoms with van der Waals surface area (Å²) in [4.78, 5) is 12.1. The Morgan fingerprint density at radius 3 is 2.23 bits per heavy atom. The minimum absolute atomic E-state index is 0.257. The van der Waals surface area contributed by atoms with Gasteiger partial charge in [0.05, 0.1) is 31.4 Å². The first-order valence-electron chi connectivity index (χ1n) is 7.68. The van der Waals surface area contributed by atoms with Gasteiger partial charge in [-0.25, -0.2) is 0 Å². The average Bonchev–Trinajstić information content (AvgIpc) is 2.66. The lowest BCUT2D eigenvalue weighted by Crippen LogP contribution is -2.20. The Hall–Kier alpha value is -2.37. The van der Waals surface area contributed by atoms with Gasteiger partial charge in [-0.3, -0.25) is 4.79 Å². The SMILES string of the molecule is COc1cc(OC)c(OC)cc1CNC(=O)/C=C/c1ccc(Cl)c(Cl)c1. The minimum atomic E-state index is -0.257. The molecule has 0 saturated carbocycles. The number of amides is 1. The van der Waals surface area contributed by atoms with Crippen LogP contribution in [0.2, 0.25) is 10.0 Å². The van der Waals surface area contributed by atoms with Crippen molar-refractivity contribution in [1.29, 1.82) is 0 Å². The van der Waals surface area contributed by atoms with Gasteiger partial charge in [0.25, 0.3) is 0 Å². The zero-order valence-electron chi connectivity index (χ0n) is 14.6. The van der Waals surface area contributed by atoms with Crippen LogP contribution < -0.4 is 19.5 Å². The van der Waals surface area contributed by atoms with Crippen molar-refractivity contribution in [2.45, 2.75) is 6.54 Å². The molecule has 2 rings (SSSR count). The average molecular weight is 396 g/mol. The summed E-state index contributed by atoms with van der Waals surface area (Å²) >= 11 is 11.8. The molecule has 2 aromatic carbocycles. The molecule has 0 heterocycles. The van der Waals surface area contributed by atoms with Crippen LogP contribution in [-0.2, 0) is 11.3 Å². The number of nitrogens with one attached hydrogen (secondary N) is 1. The number of ether oxygens (including phenoxy) is 3. The highest BCUT2D eigenvalue weighted by Gasteiger charge is 2.12. The third kappa shape index (κ3) is 5.07. The Balaban J connectivity index is 2.06. The highest BCUT2D eigenvalue weighted by molar-refractivity contribution is 6.42. The topological polar surface area (TPSA) is 56.8 Å². The zero-order chi connectivity index (χ0) is 19.1. The molecule has 7 heteroatoms. The molecule has 0 radical (unpaired) electrons. The van der Waals surface area contributed by atoms with Crippen LogP contribution in [0.4, 0.5) is 0 Å². The minimum Gasteiger partial charge on any atom is -0.496 e. The Labute approximate surface area is 162 Å². The summed E-state index contributed by atoms with van der Waals surface area (Å²) in [5, 5.41) is 3.70. The molecule has 5 nitrogen and oxygen atoms in total. The number of hydrogen-bond acceptors (Lipinski definition) is 4. The first kappa shape index (κ1) is 19.9. The second-order valence-corrected chi connectivity index (χ2v) is 6.06. The van der Waals surface area contributed by atoms with Gasteiger partial charge in [0, 0.05) is 24.3 Å². The molecule has 2 aromatic rings. The quantitative estimate of drug-likeness (QED) is 0.708. The van der Waals surface area contributed by atoms with E-state index >= 15 is 0 Å². The van der Waals surface area contributed by atoms with Crippen molar-refractivity contribution in [1.82, 2.24) is 5.32 Å². The first-order valence-corrected chi connectivity index (χ1v) is 8.44. The number of benzene rings is 2. The maximum Gasteiger partial charge on any atom is 0.244 e. The van der Waals surface area contributed by atoms with Crippen molar-refractivity contribution in [2.24, 2.45) is 0 Å². The number of carbonyl (C=O) groups is 1. The van der Waals surface area contributed by atoms with E-state index in [9.17, 15) is 4.79 Å². The van der Waals surface area contributed by atoms with Crippen LogP contribution in [-0.4, -0.2) is 27.2 Å². The monoisotopic (exact) mass is 395 g/mol. The maximum atomic E-state index is 12.1. The Kier molecular flexibility index (Phi) is 7.18. The van der Waals surface area contributed by atoms with E-state index in [-0.39, 0.29) is 12.5 Å². The lowest BCUT2D eigenvalue weighted by Gasteiger charge is -2.14. The zero-order valence-corrected chi connectivity index (χ0v) is 16.1. The lowest BCUT2D eigenvalue weighted by molar-refractivity contribution is -0.116. The summed E-state index contributed by atoms with van der Waals surface area (Å²) < 4.78 is 15.9. The van der Waals surface area contributed by atoms with Gasteiger partial charge < -0.3 is 19.5 Å². The number of hydrogen-bond donors (Lipinski definition) is 1. The highest BCUT2D eigenvalue weighted by atomic mass is 35.5. The smallest absolute Gasteiger partial charge is 0.244 e. The fraction of sp³-hybridized carbons (Fsp3) is 0.211. The van der Waals surface area contributed by atoms with E-state index < -0.39 is 0 Å². The second-order valence-electron chi connectivity index (χ2n) is 5.24. The number of carbonyl (C=O) groups excluding carboxylic acids is 1. The third-order valence-corrected chi connectivity index (χ3v) is 4.35. The fourth-order valence-electron chi connectivity index (χ4n) is 2.26. The lowest BCUT2D eigenvalue weighted by atomic mass is 10.1. The van der Waals surface area contributed by atoms with Crippen molar-refractivity contribution in [3.63, 3.8) is 0 Å². The molecule has 0 fully saturated rings. The van der Waals surface area contributed by atoms with Crippen molar-refractivity contribution < 1.29 is 19.0 Å². The molecule has 0 spiro atoms. The van der Waals surface area contributed by atoms with E-state index in [1.807, 2.05) is 0 Å². The summed E-state index contributed by atoms with van der Waals surface area (Å²) in [7, 11) is 4.65. The molecule has 138 valence electrons. The van der Waals surface area contributed by atoms with Gasteiger partial charge in [0.15, 0.2) is 11.5 Å². The number of methoxy groups -OCH3 is 3. The highest BCUT2D eigenvalue weighted by Crippen LogP contribution is 2.34. The van der Waals surface area contributed by atoms with Crippen LogP contribution in [0.15, 0.2) is 36.4 Å². The number of rotatable bonds is 7. The van der Waals surface area contributed by atoms with Crippen LogP contribution in [0.1, 0.15) is 11.1 Å². The van der Waals surface area contributed by atoms with Gasteiger partial charge in [0.2, 0.25) is 5.91 Å². The van der Waals surface area contributed by atoms with Gasteiger partial charge in [0.1, 0.15) is 5.75 Å². The van der Waals surface area contributed by atoms with E-state index in [4.69, 9.17) is 37.4 Å². The van der Waals surface area contributed by atoms with E-state index in [2.05, 4.69) is 5.32 Å². The van der Waals surface area contributed by atoms with E-state index in [0.717, 1.165) is 11.1 Å². The maximum absolute atomic E-state index is 12.1. The molecule has 0 saturated heterocycles. The Bertz CT molecular complexity index is 821. The first-order chi connectivity index (χ1) is 12.5. The van der Waals surface area contributed by atoms with Crippen LogP contribution >= 0.6 is 23.2 Å². The summed E-state index contributed by atoms with van der Waals surface area (Å²) in [5.41, 5.74) is 1.54. The van der Waals surface area contributed by atoms with Crippen LogP contribution in [0.3, 0.4) is 0 Å². The molecule has 0 aliphatic heterocycles. The molecular weight excluding hydrogens is 377 g/mol. The summed E-state index contributed by atoms with van der Waals surface area (Å²) in [6.07, 6.45) is 3.08. The number of halogens is 2. The fourth-order valence-corrected chi connectivity index (χ4v) is 2.57. The van der Waals surface area contributed by atoms with Gasteiger partial charge in [-0.2, -0.15) is 0 Å². The van der Waals surface area contributed by atoms with E-state index in [1.165, 1.54) is 6.08 Å². The summed E-state index contributed by atoms with van der Waals surface area (Å²) in [6.45, 7) is 0.272. The Morgan fingerprint density at radius 2 is 1.62 bits per heavy atom. The predicted octanol–water partition coefficient (Wildman–Crippen LogP) is 4.35. The third-order valence-electron chi connectivity index (χ3n) is 3.61. The van der Waals surface area contributed by atoms with Crippen LogP contribution in [0.25, 0.3) is 6.08 Å². The molecular formula is C19H19Cl2NO4. The molecule has 0 aromatic heterocycles. The van der Waals surface area contributed by atoms with E-state index in [1.54, 1.807) is 57.7 Å². The molecule has 0 atom stereocenters. The molecule has 0 bridgehead atoms. The molecule has 26 heavy (non-hydrogen) atoms. The van der Waals surface area contributed by atoms with Crippen molar-refractivity contribution in [2.75, 3.05) is 21.3 Å². The molecule has 1 N–H and O–H groups in total. The predicted molar refractivity (Wildman–Crippen MR) is 103 cm³/mol.